The molecule has 0 bridgehead atoms. The van der Waals surface area contributed by atoms with Gasteiger partial charge in [0.05, 0.1) is 12.4 Å². The number of aliphatic hydroxyl groups is 1. The molecule has 1 aliphatic rings. The number of rotatable bonds is 3. The van der Waals surface area contributed by atoms with Gasteiger partial charge in [0, 0.05) is 12.6 Å². The van der Waals surface area contributed by atoms with Gasteiger partial charge in [-0.15, -0.1) is 0 Å². The number of aliphatic hydroxyl groups excluding tert-OH is 1. The summed E-state index contributed by atoms with van der Waals surface area (Å²) in [5, 5.41) is 8.71. The quantitative estimate of drug-likeness (QED) is 0.629. The van der Waals surface area contributed by atoms with Gasteiger partial charge in [-0.2, -0.15) is 4.31 Å². The summed E-state index contributed by atoms with van der Waals surface area (Å²) in [5.74, 6) is 0.128. The Kier molecular flexibility index (Phi) is 2.51. The van der Waals surface area contributed by atoms with E-state index in [1.54, 1.807) is 6.92 Å². The molecule has 0 aromatic rings. The Morgan fingerprint density at radius 2 is 2.27 bits per heavy atom. The Morgan fingerprint density at radius 1 is 1.64 bits per heavy atom. The van der Waals surface area contributed by atoms with Gasteiger partial charge in [-0.1, -0.05) is 0 Å². The number of nitrogens with zero attached hydrogens (tertiary/aromatic N) is 1. The smallest absolute Gasteiger partial charge is 0.214 e. The van der Waals surface area contributed by atoms with E-state index in [9.17, 15) is 8.42 Å². The zero-order chi connectivity index (χ0) is 8.48. The molecule has 0 aliphatic carbocycles. The average molecular weight is 179 g/mol. The van der Waals surface area contributed by atoms with Crippen LogP contribution in [0, 0.1) is 0 Å². The minimum Gasteiger partial charge on any atom is -0.395 e. The Bertz CT molecular complexity index is 222. The maximum Gasteiger partial charge on any atom is 0.214 e. The summed E-state index contributed by atoms with van der Waals surface area (Å²) in [4.78, 5) is 0. The summed E-state index contributed by atoms with van der Waals surface area (Å²) in [6.07, 6.45) is 0.787. The first-order chi connectivity index (χ1) is 5.11. The Labute approximate surface area is 66.9 Å². The lowest BCUT2D eigenvalue weighted by molar-refractivity contribution is 0.116. The van der Waals surface area contributed by atoms with Gasteiger partial charge in [0.2, 0.25) is 10.0 Å². The van der Waals surface area contributed by atoms with Gasteiger partial charge in [-0.05, 0) is 13.3 Å². The van der Waals surface area contributed by atoms with E-state index in [4.69, 9.17) is 5.11 Å². The van der Waals surface area contributed by atoms with Gasteiger partial charge in [0.1, 0.15) is 0 Å². The fourth-order valence-corrected chi connectivity index (χ4v) is 2.47. The average Bonchev–Trinajstić information content (AvgIpc) is 1.86. The van der Waals surface area contributed by atoms with Crippen LogP contribution in [0.15, 0.2) is 0 Å². The van der Waals surface area contributed by atoms with Gasteiger partial charge in [-0.3, -0.25) is 0 Å². The first-order valence-corrected chi connectivity index (χ1v) is 5.33. The first kappa shape index (κ1) is 8.96. The largest absolute Gasteiger partial charge is 0.395 e. The van der Waals surface area contributed by atoms with Gasteiger partial charge < -0.3 is 5.11 Å². The molecule has 0 aromatic carbocycles. The number of sulfonamides is 1. The second kappa shape index (κ2) is 3.08. The molecular formula is C6H13NO3S. The van der Waals surface area contributed by atoms with Crippen LogP contribution in [0.2, 0.25) is 0 Å². The van der Waals surface area contributed by atoms with Crippen molar-refractivity contribution in [3.05, 3.63) is 0 Å². The van der Waals surface area contributed by atoms with Crippen LogP contribution in [-0.4, -0.2) is 42.8 Å². The lowest BCUT2D eigenvalue weighted by Gasteiger charge is -2.38. The predicted molar refractivity (Wildman–Crippen MR) is 41.7 cm³/mol. The molecule has 1 fully saturated rings. The van der Waals surface area contributed by atoms with Gasteiger partial charge >= 0.3 is 0 Å². The molecule has 66 valence electrons. The summed E-state index contributed by atoms with van der Waals surface area (Å²) in [7, 11) is -3.05. The van der Waals surface area contributed by atoms with Crippen molar-refractivity contribution >= 4 is 10.0 Å². The minimum absolute atomic E-state index is 0.0563. The monoisotopic (exact) mass is 179 g/mol. The second-order valence-electron chi connectivity index (χ2n) is 2.64. The maximum atomic E-state index is 11.2. The molecule has 1 atom stereocenters. The molecule has 0 aromatic heterocycles. The molecule has 1 saturated heterocycles. The molecule has 11 heavy (non-hydrogen) atoms. The fourth-order valence-electron chi connectivity index (χ4n) is 1.13. The summed E-state index contributed by atoms with van der Waals surface area (Å²) in [5.41, 5.74) is 0. The molecule has 1 rings (SSSR count). The highest BCUT2D eigenvalue weighted by Gasteiger charge is 2.35. The molecule has 0 spiro atoms. The summed E-state index contributed by atoms with van der Waals surface area (Å²) >= 11 is 0. The van der Waals surface area contributed by atoms with Crippen molar-refractivity contribution in [3.63, 3.8) is 0 Å². The molecule has 5 heteroatoms. The number of hydrogen-bond donors (Lipinski definition) is 1. The minimum atomic E-state index is -3.05. The zero-order valence-electron chi connectivity index (χ0n) is 6.52. The topological polar surface area (TPSA) is 57.6 Å². The molecule has 1 aliphatic heterocycles. The van der Waals surface area contributed by atoms with Crippen LogP contribution in [0.1, 0.15) is 13.3 Å². The molecule has 0 radical (unpaired) electrons. The number of hydrogen-bond acceptors (Lipinski definition) is 3. The lowest BCUT2D eigenvalue weighted by atomic mass is 10.1. The van der Waals surface area contributed by atoms with Crippen molar-refractivity contribution in [2.24, 2.45) is 0 Å². The molecule has 1 N–H and O–H groups in total. The maximum absolute atomic E-state index is 11.2. The van der Waals surface area contributed by atoms with E-state index in [0.717, 1.165) is 6.42 Å². The van der Waals surface area contributed by atoms with Crippen LogP contribution in [0.4, 0.5) is 0 Å². The van der Waals surface area contributed by atoms with Gasteiger partial charge in [-0.25, -0.2) is 8.42 Å². The fraction of sp³-hybridized carbons (Fsp3) is 1.00. The molecule has 1 heterocycles. The van der Waals surface area contributed by atoms with Crippen LogP contribution >= 0.6 is 0 Å². The van der Waals surface area contributed by atoms with Crippen molar-refractivity contribution in [2.75, 3.05) is 18.9 Å². The Balaban J connectivity index is 2.62. The normalized spacial score (nSPS) is 26.5. The van der Waals surface area contributed by atoms with Crippen molar-refractivity contribution < 1.29 is 13.5 Å². The highest BCUT2D eigenvalue weighted by atomic mass is 32.2. The third kappa shape index (κ3) is 1.55. The molecule has 0 saturated carbocycles. The third-order valence-electron chi connectivity index (χ3n) is 2.02. The standard InChI is InChI=1S/C6H13NO3S/c1-2-11(9,10)7-4-3-6(7)5-8/h6,8H,2-5H2,1H3. The van der Waals surface area contributed by atoms with Crippen LogP contribution in [0.5, 0.6) is 0 Å². The van der Waals surface area contributed by atoms with E-state index in [2.05, 4.69) is 0 Å². The van der Waals surface area contributed by atoms with Crippen molar-refractivity contribution in [2.45, 2.75) is 19.4 Å². The highest BCUT2D eigenvalue weighted by Crippen LogP contribution is 2.20. The van der Waals surface area contributed by atoms with E-state index < -0.39 is 10.0 Å². The molecular weight excluding hydrogens is 166 g/mol. The first-order valence-electron chi connectivity index (χ1n) is 3.72. The summed E-state index contributed by atoms with van der Waals surface area (Å²) < 4.78 is 23.7. The predicted octanol–water partition coefficient (Wildman–Crippen LogP) is -0.597. The van der Waals surface area contributed by atoms with E-state index >= 15 is 0 Å². The molecule has 0 amide bonds. The van der Waals surface area contributed by atoms with Crippen LogP contribution in [0.3, 0.4) is 0 Å². The van der Waals surface area contributed by atoms with Crippen LogP contribution < -0.4 is 0 Å². The van der Waals surface area contributed by atoms with Gasteiger partial charge in [0.25, 0.3) is 0 Å². The van der Waals surface area contributed by atoms with Crippen molar-refractivity contribution in [3.8, 4) is 0 Å². The highest BCUT2D eigenvalue weighted by molar-refractivity contribution is 7.89. The van der Waals surface area contributed by atoms with E-state index in [1.807, 2.05) is 0 Å². The van der Waals surface area contributed by atoms with Gasteiger partial charge in [0.15, 0.2) is 0 Å². The van der Waals surface area contributed by atoms with E-state index in [-0.39, 0.29) is 18.4 Å². The second-order valence-corrected chi connectivity index (χ2v) is 4.85. The lowest BCUT2D eigenvalue weighted by Crippen LogP contribution is -2.53. The van der Waals surface area contributed by atoms with E-state index in [0.29, 0.717) is 6.54 Å². The SMILES string of the molecule is CCS(=O)(=O)N1CCC1CO. The van der Waals surface area contributed by atoms with Crippen molar-refractivity contribution in [1.82, 2.24) is 4.31 Å². The van der Waals surface area contributed by atoms with E-state index in [1.165, 1.54) is 4.31 Å². The Hall–Kier alpha value is -0.130. The van der Waals surface area contributed by atoms with Crippen LogP contribution in [0.25, 0.3) is 0 Å². The third-order valence-corrected chi connectivity index (χ3v) is 3.95. The molecule has 1 unspecified atom stereocenters. The van der Waals surface area contributed by atoms with Crippen LogP contribution in [-0.2, 0) is 10.0 Å². The molecule has 4 nitrogen and oxygen atoms in total. The Morgan fingerprint density at radius 3 is 2.55 bits per heavy atom. The summed E-state index contributed by atoms with van der Waals surface area (Å²) in [6.45, 7) is 2.13. The zero-order valence-corrected chi connectivity index (χ0v) is 7.34. The summed E-state index contributed by atoms with van der Waals surface area (Å²) in [6, 6.07) is -0.153. The van der Waals surface area contributed by atoms with Crippen molar-refractivity contribution in [1.29, 1.82) is 0 Å².